The van der Waals surface area contributed by atoms with Gasteiger partial charge in [-0.15, -0.1) is 0 Å². The van der Waals surface area contributed by atoms with Gasteiger partial charge in [-0.05, 0) is 109 Å². The molecular formula is C31H46O4. The lowest BCUT2D eigenvalue weighted by atomic mass is 9.35. The third-order valence-electron chi connectivity index (χ3n) is 12.1. The summed E-state index contributed by atoms with van der Waals surface area (Å²) in [6.45, 7) is 21.7. The van der Waals surface area contributed by atoms with Crippen LogP contribution in [0.25, 0.3) is 0 Å². The molecule has 4 aliphatic rings. The molecule has 4 aliphatic carbocycles. The van der Waals surface area contributed by atoms with Crippen molar-refractivity contribution < 1.29 is 19.8 Å². The van der Waals surface area contributed by atoms with E-state index in [1.54, 1.807) is 0 Å². The highest BCUT2D eigenvalue weighted by atomic mass is 16.4. The van der Waals surface area contributed by atoms with E-state index < -0.39 is 12.1 Å². The van der Waals surface area contributed by atoms with Gasteiger partial charge in [0.2, 0.25) is 0 Å². The van der Waals surface area contributed by atoms with E-state index in [4.69, 9.17) is 0 Å². The predicted octanol–water partition coefficient (Wildman–Crippen LogP) is 6.74. The summed E-state index contributed by atoms with van der Waals surface area (Å²) in [7, 11) is 0. The topological polar surface area (TPSA) is 74.6 Å². The Morgan fingerprint density at radius 3 is 2.23 bits per heavy atom. The smallest absolute Gasteiger partial charge is 0.331 e. The second-order valence-electron chi connectivity index (χ2n) is 13.6. The van der Waals surface area contributed by atoms with Gasteiger partial charge in [0.1, 0.15) is 5.78 Å². The van der Waals surface area contributed by atoms with E-state index in [1.807, 2.05) is 0 Å². The Morgan fingerprint density at radius 2 is 1.60 bits per heavy atom. The highest BCUT2D eigenvalue weighted by molar-refractivity contribution is 5.86. The number of carbonyl (C=O) groups excluding carboxylic acids is 1. The number of aliphatic hydroxyl groups excluding tert-OH is 1. The Morgan fingerprint density at radius 1 is 0.971 bits per heavy atom. The Bertz CT molecular complexity index is 988. The molecule has 194 valence electrons. The van der Waals surface area contributed by atoms with E-state index in [1.165, 1.54) is 19.4 Å². The van der Waals surface area contributed by atoms with Crippen molar-refractivity contribution in [1.82, 2.24) is 0 Å². The molecule has 0 aromatic heterocycles. The molecule has 4 saturated carbocycles. The number of carboxylic acid groups (broad SMARTS) is 1. The van der Waals surface area contributed by atoms with Crippen molar-refractivity contribution in [3.63, 3.8) is 0 Å². The molecule has 4 rings (SSSR count). The predicted molar refractivity (Wildman–Crippen MR) is 140 cm³/mol. The van der Waals surface area contributed by atoms with Crippen LogP contribution in [0.3, 0.4) is 0 Å². The van der Waals surface area contributed by atoms with Crippen molar-refractivity contribution in [2.75, 3.05) is 0 Å². The Labute approximate surface area is 212 Å². The molecule has 0 aromatic carbocycles. The maximum atomic E-state index is 12.9. The number of Topliss-reactive ketones (excluding diaryl/α,β-unsaturated/α-hetero) is 1. The molecule has 8 atom stereocenters. The number of carboxylic acids is 1. The van der Waals surface area contributed by atoms with Crippen LogP contribution in [0.5, 0.6) is 0 Å². The van der Waals surface area contributed by atoms with E-state index >= 15 is 0 Å². The Hall–Kier alpha value is -1.68. The summed E-state index contributed by atoms with van der Waals surface area (Å²) in [6.07, 6.45) is 9.01. The molecular weight excluding hydrogens is 436 g/mol. The van der Waals surface area contributed by atoms with Gasteiger partial charge >= 0.3 is 5.97 Å². The van der Waals surface area contributed by atoms with E-state index in [2.05, 4.69) is 47.8 Å². The van der Waals surface area contributed by atoms with Crippen molar-refractivity contribution in [2.24, 2.45) is 45.3 Å². The van der Waals surface area contributed by atoms with Gasteiger partial charge in [-0.3, -0.25) is 4.79 Å². The number of aliphatic carboxylic acids is 1. The largest absolute Gasteiger partial charge is 0.478 e. The fraction of sp³-hybridized carbons (Fsp3) is 0.742. The van der Waals surface area contributed by atoms with Gasteiger partial charge in [-0.1, -0.05) is 47.8 Å². The second-order valence-corrected chi connectivity index (χ2v) is 13.6. The zero-order valence-electron chi connectivity index (χ0n) is 22.7. The zero-order valence-corrected chi connectivity index (χ0v) is 22.7. The number of hydrogen-bond donors (Lipinski definition) is 2. The third-order valence-corrected chi connectivity index (χ3v) is 12.1. The maximum absolute atomic E-state index is 12.9. The van der Waals surface area contributed by atoms with E-state index in [9.17, 15) is 19.8 Å². The lowest BCUT2D eigenvalue weighted by Gasteiger charge is -2.69. The van der Waals surface area contributed by atoms with Crippen LogP contribution in [-0.2, 0) is 9.59 Å². The number of carbonyl (C=O) groups is 2. The van der Waals surface area contributed by atoms with Crippen molar-refractivity contribution in [3.8, 4) is 0 Å². The molecule has 0 unspecified atom stereocenters. The van der Waals surface area contributed by atoms with Gasteiger partial charge in [0.25, 0.3) is 0 Å². The van der Waals surface area contributed by atoms with Crippen molar-refractivity contribution in [1.29, 1.82) is 0 Å². The summed E-state index contributed by atoms with van der Waals surface area (Å²) in [5, 5.41) is 20.3. The lowest BCUT2D eigenvalue weighted by molar-refractivity contribution is -0.201. The minimum atomic E-state index is -1.000. The van der Waals surface area contributed by atoms with Crippen molar-refractivity contribution in [3.05, 3.63) is 36.0 Å². The first-order chi connectivity index (χ1) is 16.1. The molecule has 35 heavy (non-hydrogen) atoms. The van der Waals surface area contributed by atoms with Crippen LogP contribution in [0.15, 0.2) is 36.0 Å². The molecule has 0 aliphatic heterocycles. The summed E-state index contributed by atoms with van der Waals surface area (Å²) in [5.74, 6) is 1.19. The van der Waals surface area contributed by atoms with E-state index in [-0.39, 0.29) is 33.2 Å². The number of rotatable bonds is 5. The van der Waals surface area contributed by atoms with Gasteiger partial charge in [-0.25, -0.2) is 4.79 Å². The molecule has 0 heterocycles. The highest BCUT2D eigenvalue weighted by Gasteiger charge is 2.68. The Balaban J connectivity index is 1.60. The number of hydrogen-bond acceptors (Lipinski definition) is 3. The fourth-order valence-electron chi connectivity index (χ4n) is 9.85. The zero-order chi connectivity index (χ0) is 26.1. The molecule has 0 bridgehead atoms. The minimum absolute atomic E-state index is 0.164. The summed E-state index contributed by atoms with van der Waals surface area (Å²) >= 11 is 0. The highest BCUT2D eigenvalue weighted by Crippen LogP contribution is 2.75. The first-order valence-electron chi connectivity index (χ1n) is 13.6. The minimum Gasteiger partial charge on any atom is -0.478 e. The van der Waals surface area contributed by atoms with Crippen LogP contribution >= 0.6 is 0 Å². The van der Waals surface area contributed by atoms with Crippen LogP contribution in [0.4, 0.5) is 0 Å². The molecule has 4 heteroatoms. The fourth-order valence-corrected chi connectivity index (χ4v) is 9.85. The van der Waals surface area contributed by atoms with Gasteiger partial charge in [0, 0.05) is 17.4 Å². The van der Waals surface area contributed by atoms with Crippen LogP contribution in [-0.4, -0.2) is 28.1 Å². The quantitative estimate of drug-likeness (QED) is 0.258. The van der Waals surface area contributed by atoms with E-state index in [0.717, 1.165) is 44.1 Å². The SMILES string of the molecule is C=C(/C=C(\C)C(=O)O)[C@H](O)C(=C)[C@H]1CC[C@]2(C)[C@@H]1CC[C@@H]1[C@@]3(C)CCC(=O)C(C)(C)[C@@H]3CC[C@]12C. The lowest BCUT2D eigenvalue weighted by Crippen LogP contribution is -2.63. The first-order valence-corrected chi connectivity index (χ1v) is 13.6. The first kappa shape index (κ1) is 26.4. The van der Waals surface area contributed by atoms with Crippen molar-refractivity contribution in [2.45, 2.75) is 99.0 Å². The molecule has 2 N–H and O–H groups in total. The average Bonchev–Trinajstić information content (AvgIpc) is 3.13. The second kappa shape index (κ2) is 8.43. The van der Waals surface area contributed by atoms with Crippen LogP contribution in [0, 0.1) is 45.3 Å². The van der Waals surface area contributed by atoms with Gasteiger partial charge in [-0.2, -0.15) is 0 Å². The van der Waals surface area contributed by atoms with Crippen LogP contribution < -0.4 is 0 Å². The number of fused-ring (bicyclic) bond motifs is 5. The molecule has 0 amide bonds. The van der Waals surface area contributed by atoms with Crippen LogP contribution in [0.1, 0.15) is 92.9 Å². The van der Waals surface area contributed by atoms with E-state index in [0.29, 0.717) is 35.5 Å². The number of ketones is 1. The normalized spacial score (nSPS) is 43.5. The standard InChI is InChI=1S/C31H46O4/c1-18(17-19(2)27(34)35)26(33)20(3)21-11-15-30(7)22(21)9-10-24-29(6)14-13-25(32)28(4,5)23(29)12-16-31(24,30)8/h17,21-24,26,33H,1,3,9-16H2,2,4-8H3,(H,34,35)/b19-17+/t21-,22-,23+,24-,26+,29+,30-,31-/m1/s1. The van der Waals surface area contributed by atoms with Gasteiger partial charge in [0.15, 0.2) is 0 Å². The van der Waals surface area contributed by atoms with Gasteiger partial charge in [0.05, 0.1) is 6.10 Å². The summed E-state index contributed by atoms with van der Waals surface area (Å²) in [6, 6.07) is 0. The molecule has 0 spiro atoms. The number of aliphatic hydroxyl groups is 1. The third kappa shape index (κ3) is 3.64. The molecule has 4 fully saturated rings. The summed E-state index contributed by atoms with van der Waals surface area (Å²) in [5.41, 5.74) is 1.70. The van der Waals surface area contributed by atoms with Crippen molar-refractivity contribution >= 4 is 11.8 Å². The monoisotopic (exact) mass is 482 g/mol. The molecule has 0 saturated heterocycles. The molecule has 0 radical (unpaired) electrons. The maximum Gasteiger partial charge on any atom is 0.331 e. The summed E-state index contributed by atoms with van der Waals surface area (Å²) in [4.78, 5) is 24.1. The molecule has 4 nitrogen and oxygen atoms in total. The summed E-state index contributed by atoms with van der Waals surface area (Å²) < 4.78 is 0. The van der Waals surface area contributed by atoms with Crippen LogP contribution in [0.2, 0.25) is 0 Å². The Kier molecular flexibility index (Phi) is 6.36. The average molecular weight is 483 g/mol. The molecule has 0 aromatic rings. The van der Waals surface area contributed by atoms with Gasteiger partial charge < -0.3 is 10.2 Å².